The van der Waals surface area contributed by atoms with Gasteiger partial charge in [0.15, 0.2) is 0 Å². The molecular formula is C30H28N4O3. The number of non-ortho nitro benzene ring substituents is 1. The maximum atomic E-state index is 11.3. The highest BCUT2D eigenvalue weighted by Gasteiger charge is 2.24. The number of unbranched alkanes of at least 4 members (excludes halogenated alkanes) is 2. The molecule has 0 aliphatic carbocycles. The van der Waals surface area contributed by atoms with Gasteiger partial charge in [0.25, 0.3) is 5.69 Å². The molecule has 0 saturated carbocycles. The molecule has 0 radical (unpaired) electrons. The van der Waals surface area contributed by atoms with E-state index in [1.165, 1.54) is 17.8 Å². The lowest BCUT2D eigenvalue weighted by Crippen LogP contribution is -2.25. The van der Waals surface area contributed by atoms with Crippen LogP contribution in [0.25, 0.3) is 44.0 Å². The Morgan fingerprint density at radius 1 is 0.838 bits per heavy atom. The van der Waals surface area contributed by atoms with Crippen molar-refractivity contribution in [3.63, 3.8) is 0 Å². The third-order valence-electron chi connectivity index (χ3n) is 7.12. The van der Waals surface area contributed by atoms with E-state index in [2.05, 4.69) is 43.0 Å². The normalized spacial score (nSPS) is 12.1. The monoisotopic (exact) mass is 492 g/mol. The molecule has 0 N–H and O–H groups in total. The van der Waals surface area contributed by atoms with Crippen molar-refractivity contribution in [2.75, 3.05) is 18.0 Å². The van der Waals surface area contributed by atoms with E-state index < -0.39 is 4.92 Å². The van der Waals surface area contributed by atoms with Gasteiger partial charge in [0, 0.05) is 53.3 Å². The van der Waals surface area contributed by atoms with Gasteiger partial charge in [-0.15, -0.1) is 0 Å². The lowest BCUT2D eigenvalue weighted by molar-refractivity contribution is -0.384. The average Bonchev–Trinajstić information content (AvgIpc) is 2.91. The van der Waals surface area contributed by atoms with Crippen molar-refractivity contribution in [2.45, 2.75) is 39.5 Å². The van der Waals surface area contributed by atoms with Gasteiger partial charge in [-0.25, -0.2) is 9.97 Å². The van der Waals surface area contributed by atoms with Crippen LogP contribution in [0.2, 0.25) is 0 Å². The van der Waals surface area contributed by atoms with Crippen LogP contribution in [0.15, 0.2) is 60.7 Å². The number of fused-ring (bicyclic) bond motifs is 5. The molecule has 0 amide bonds. The van der Waals surface area contributed by atoms with Gasteiger partial charge in [0.2, 0.25) is 0 Å². The van der Waals surface area contributed by atoms with Crippen molar-refractivity contribution in [3.8, 4) is 22.6 Å². The summed E-state index contributed by atoms with van der Waals surface area (Å²) in [5.74, 6) is 1.63. The summed E-state index contributed by atoms with van der Waals surface area (Å²) in [4.78, 5) is 23.0. The molecule has 6 rings (SSSR count). The van der Waals surface area contributed by atoms with Crippen molar-refractivity contribution in [2.24, 2.45) is 0 Å². The lowest BCUT2D eigenvalue weighted by atomic mass is 9.93. The molecule has 0 atom stereocenters. The fourth-order valence-electron chi connectivity index (χ4n) is 5.18. The fourth-order valence-corrected chi connectivity index (χ4v) is 5.18. The number of ether oxygens (including phenoxy) is 1. The molecule has 4 aromatic carbocycles. The Morgan fingerprint density at radius 2 is 1.65 bits per heavy atom. The van der Waals surface area contributed by atoms with Crippen LogP contribution in [0.5, 0.6) is 11.5 Å². The molecule has 0 fully saturated rings. The predicted molar refractivity (Wildman–Crippen MR) is 149 cm³/mol. The van der Waals surface area contributed by atoms with Gasteiger partial charge in [0.05, 0.1) is 27.0 Å². The number of nitro groups is 1. The molecule has 7 heteroatoms. The molecule has 1 aliphatic rings. The number of hydrogen-bond acceptors (Lipinski definition) is 6. The molecule has 37 heavy (non-hydrogen) atoms. The highest BCUT2D eigenvalue weighted by molar-refractivity contribution is 6.16. The molecule has 5 aromatic rings. The molecule has 0 unspecified atom stereocenters. The van der Waals surface area contributed by atoms with E-state index in [9.17, 15) is 10.1 Å². The number of hydrogen-bond donors (Lipinski definition) is 0. The zero-order valence-electron chi connectivity index (χ0n) is 21.0. The standard InChI is InChI=1S/C30H28N4O3/c1-3-5-14-33(15-6-4-2)19-10-12-21-23-18-26-30(22-8-7-9-27(29(22)23)37-28(21)17-19)32-25-16-20(34(35)36)11-13-24(25)31-26/h7-13,16-18H,3-6,14-15H2,1-2H3. The van der Waals surface area contributed by atoms with Crippen LogP contribution in [-0.2, 0) is 0 Å². The zero-order valence-corrected chi connectivity index (χ0v) is 21.0. The van der Waals surface area contributed by atoms with E-state index in [1.807, 2.05) is 18.2 Å². The number of nitro benzene ring substituents is 1. The van der Waals surface area contributed by atoms with E-state index in [0.29, 0.717) is 16.6 Å². The first kappa shape index (κ1) is 23.2. The van der Waals surface area contributed by atoms with Crippen molar-refractivity contribution in [1.29, 1.82) is 0 Å². The summed E-state index contributed by atoms with van der Waals surface area (Å²) in [6.45, 7) is 6.52. The number of aromatic nitrogens is 2. The van der Waals surface area contributed by atoms with Crippen LogP contribution in [-0.4, -0.2) is 28.0 Å². The van der Waals surface area contributed by atoms with Crippen molar-refractivity contribution < 1.29 is 9.66 Å². The van der Waals surface area contributed by atoms with Crippen LogP contribution in [0.4, 0.5) is 11.4 Å². The maximum Gasteiger partial charge on any atom is 0.271 e. The molecule has 186 valence electrons. The van der Waals surface area contributed by atoms with Crippen molar-refractivity contribution >= 4 is 44.2 Å². The topological polar surface area (TPSA) is 81.4 Å². The van der Waals surface area contributed by atoms with Crippen LogP contribution in [0, 0.1) is 10.1 Å². The second-order valence-electron chi connectivity index (χ2n) is 9.60. The second-order valence-corrected chi connectivity index (χ2v) is 9.60. The first-order valence-electron chi connectivity index (χ1n) is 13.0. The Kier molecular flexibility index (Phi) is 5.83. The van der Waals surface area contributed by atoms with Crippen LogP contribution in [0.3, 0.4) is 0 Å². The molecular weight excluding hydrogens is 464 g/mol. The van der Waals surface area contributed by atoms with Gasteiger partial charge in [0.1, 0.15) is 11.5 Å². The second kappa shape index (κ2) is 9.32. The van der Waals surface area contributed by atoms with E-state index >= 15 is 0 Å². The Labute approximate surface area is 214 Å². The minimum atomic E-state index is -0.409. The van der Waals surface area contributed by atoms with Crippen LogP contribution < -0.4 is 9.64 Å². The largest absolute Gasteiger partial charge is 0.456 e. The molecule has 1 aliphatic heterocycles. The minimum Gasteiger partial charge on any atom is -0.456 e. The van der Waals surface area contributed by atoms with Gasteiger partial charge in [-0.05, 0) is 48.7 Å². The molecule has 7 nitrogen and oxygen atoms in total. The first-order chi connectivity index (χ1) is 18.1. The summed E-state index contributed by atoms with van der Waals surface area (Å²) in [6.07, 6.45) is 4.64. The summed E-state index contributed by atoms with van der Waals surface area (Å²) in [6, 6.07) is 19.2. The fraction of sp³-hybridized carbons (Fsp3) is 0.267. The Hall–Kier alpha value is -4.26. The maximum absolute atomic E-state index is 11.3. The average molecular weight is 493 g/mol. The molecule has 0 saturated heterocycles. The third kappa shape index (κ3) is 4.00. The number of nitrogens with zero attached hydrogens (tertiary/aromatic N) is 4. The SMILES string of the molecule is CCCCN(CCCC)c1ccc2c(c1)Oc1cccc3c1c-2cc1nc2ccc([N+](=O)[O-])cc2nc13. The highest BCUT2D eigenvalue weighted by atomic mass is 16.6. The van der Waals surface area contributed by atoms with E-state index in [-0.39, 0.29) is 5.69 Å². The summed E-state index contributed by atoms with van der Waals surface area (Å²) in [5, 5.41) is 13.2. The van der Waals surface area contributed by atoms with Crippen LogP contribution >= 0.6 is 0 Å². The highest BCUT2D eigenvalue weighted by Crippen LogP contribution is 2.49. The van der Waals surface area contributed by atoms with Crippen molar-refractivity contribution in [1.82, 2.24) is 9.97 Å². The molecule has 0 bridgehead atoms. The zero-order chi connectivity index (χ0) is 25.5. The minimum absolute atomic E-state index is 0.00358. The van der Waals surface area contributed by atoms with Gasteiger partial charge in [-0.1, -0.05) is 38.8 Å². The summed E-state index contributed by atoms with van der Waals surface area (Å²) < 4.78 is 6.47. The summed E-state index contributed by atoms with van der Waals surface area (Å²) in [7, 11) is 0. The molecule has 2 heterocycles. The summed E-state index contributed by atoms with van der Waals surface area (Å²) in [5.41, 5.74) is 5.89. The number of benzene rings is 4. The van der Waals surface area contributed by atoms with Gasteiger partial charge in [-0.3, -0.25) is 10.1 Å². The Morgan fingerprint density at radius 3 is 2.41 bits per heavy atom. The third-order valence-corrected chi connectivity index (χ3v) is 7.12. The van der Waals surface area contributed by atoms with Gasteiger partial charge >= 0.3 is 0 Å². The Balaban J connectivity index is 1.52. The molecule has 1 aromatic heterocycles. The van der Waals surface area contributed by atoms with E-state index in [0.717, 1.165) is 77.7 Å². The van der Waals surface area contributed by atoms with E-state index in [1.54, 1.807) is 6.07 Å². The number of anilines is 1. The summed E-state index contributed by atoms with van der Waals surface area (Å²) >= 11 is 0. The van der Waals surface area contributed by atoms with E-state index in [4.69, 9.17) is 14.7 Å². The smallest absolute Gasteiger partial charge is 0.271 e. The quantitative estimate of drug-likeness (QED) is 0.0926. The van der Waals surface area contributed by atoms with Crippen LogP contribution in [0.1, 0.15) is 39.5 Å². The van der Waals surface area contributed by atoms with Crippen molar-refractivity contribution in [3.05, 3.63) is 70.8 Å². The number of rotatable bonds is 8. The Bertz CT molecular complexity index is 1670. The first-order valence-corrected chi connectivity index (χ1v) is 13.0. The molecule has 0 spiro atoms. The lowest BCUT2D eigenvalue weighted by Gasteiger charge is -2.27. The van der Waals surface area contributed by atoms with Gasteiger partial charge in [-0.2, -0.15) is 0 Å². The predicted octanol–water partition coefficient (Wildman–Crippen LogP) is 8.02. The van der Waals surface area contributed by atoms with Gasteiger partial charge < -0.3 is 9.64 Å².